The molecule has 0 atom stereocenters. The molecule has 0 aliphatic rings. The summed E-state index contributed by atoms with van der Waals surface area (Å²) in [5.41, 5.74) is 1.27. The molecule has 125 valence electrons. The summed E-state index contributed by atoms with van der Waals surface area (Å²) in [7, 11) is -2.29. The van der Waals surface area contributed by atoms with Gasteiger partial charge in [-0.05, 0) is 0 Å². The van der Waals surface area contributed by atoms with Crippen LogP contribution in [0, 0.1) is 0 Å². The van der Waals surface area contributed by atoms with Gasteiger partial charge >= 0.3 is 157 Å². The van der Waals surface area contributed by atoms with E-state index in [1.165, 1.54) is 21.4 Å². The van der Waals surface area contributed by atoms with Crippen molar-refractivity contribution in [3.63, 3.8) is 0 Å². The summed E-state index contributed by atoms with van der Waals surface area (Å²) in [6.45, 7) is 2.52. The fraction of sp³-hybridized carbons (Fsp3) is 0. The Labute approximate surface area is 157 Å². The van der Waals surface area contributed by atoms with Gasteiger partial charge in [0.25, 0.3) is 0 Å². The van der Waals surface area contributed by atoms with E-state index in [1.54, 1.807) is 0 Å². The molecule has 0 nitrogen and oxygen atoms in total. The van der Waals surface area contributed by atoms with Gasteiger partial charge in [0, 0.05) is 0 Å². The first kappa shape index (κ1) is 16.8. The van der Waals surface area contributed by atoms with E-state index in [9.17, 15) is 0 Å². The molecule has 0 bridgehead atoms. The van der Waals surface area contributed by atoms with E-state index in [1.807, 2.05) is 0 Å². The Kier molecular flexibility index (Phi) is 5.00. The van der Waals surface area contributed by atoms with Crippen molar-refractivity contribution < 1.29 is 0 Å². The van der Waals surface area contributed by atoms with Gasteiger partial charge in [-0.2, -0.15) is 0 Å². The zero-order chi connectivity index (χ0) is 17.7. The summed E-state index contributed by atoms with van der Waals surface area (Å²) in [4.78, 5) is 0. The fourth-order valence-corrected chi connectivity index (χ4v) is 8.00. The van der Waals surface area contributed by atoms with E-state index in [0.29, 0.717) is 0 Å². The summed E-state index contributed by atoms with van der Waals surface area (Å²) in [5, 5.41) is 4.21. The van der Waals surface area contributed by atoms with Gasteiger partial charge in [0.05, 0.1) is 0 Å². The number of hydrogen-bond donors (Lipinski definition) is 0. The zero-order valence-electron chi connectivity index (χ0n) is 14.6. The molecule has 0 aromatic heterocycles. The van der Waals surface area contributed by atoms with Gasteiger partial charge in [0.15, 0.2) is 0 Å². The molecule has 0 saturated heterocycles. The van der Waals surface area contributed by atoms with Crippen LogP contribution in [0.5, 0.6) is 0 Å². The molecular formula is C24H21BP. The van der Waals surface area contributed by atoms with Gasteiger partial charge < -0.3 is 0 Å². The van der Waals surface area contributed by atoms with Crippen LogP contribution in [0.4, 0.5) is 0 Å². The van der Waals surface area contributed by atoms with Gasteiger partial charge in [0.1, 0.15) is 0 Å². The maximum absolute atomic E-state index is 2.52. The summed E-state index contributed by atoms with van der Waals surface area (Å²) in [5.74, 6) is 0. The Balaban J connectivity index is 2.00. The van der Waals surface area contributed by atoms with Gasteiger partial charge in [-0.3, -0.25) is 0 Å². The second kappa shape index (κ2) is 7.73. The van der Waals surface area contributed by atoms with Crippen LogP contribution in [-0.4, -0.2) is 7.00 Å². The third-order valence-electron chi connectivity index (χ3n) is 4.87. The minimum atomic E-state index is -2.29. The normalized spacial score (nSPS) is 11.7. The molecule has 0 spiro atoms. The average molecular weight is 351 g/mol. The summed E-state index contributed by atoms with van der Waals surface area (Å²) in [6, 6.07) is 43.6. The average Bonchev–Trinajstić information content (AvgIpc) is 2.75. The van der Waals surface area contributed by atoms with E-state index in [2.05, 4.69) is 128 Å². The van der Waals surface area contributed by atoms with E-state index in [-0.39, 0.29) is 0 Å². The van der Waals surface area contributed by atoms with Crippen LogP contribution in [0.15, 0.2) is 121 Å². The molecule has 4 aromatic rings. The van der Waals surface area contributed by atoms with E-state index in [4.69, 9.17) is 0 Å². The maximum atomic E-state index is 2.52. The molecule has 4 rings (SSSR count). The second-order valence-corrected chi connectivity index (χ2v) is 10.1. The number of rotatable bonds is 5. The Bertz CT molecular complexity index is 842. The summed E-state index contributed by atoms with van der Waals surface area (Å²) >= 11 is 0. The fourth-order valence-electron chi connectivity index (χ4n) is 3.65. The first-order chi connectivity index (χ1) is 12.9. The standard InChI is InChI=1S/C24H21BP/c1-5-13-21(14-6-1)25-26(22-15-7-2-8-16-22,23-17-9-3-10-18-23)24-19-11-4-12-20-24/h1-20,26H. The molecule has 1 radical (unpaired) electrons. The van der Waals surface area contributed by atoms with Crippen molar-refractivity contribution >= 4 is 35.5 Å². The van der Waals surface area contributed by atoms with Crippen LogP contribution in [0.1, 0.15) is 0 Å². The Morgan fingerprint density at radius 2 is 0.692 bits per heavy atom. The SMILES string of the molecule is [B](c1ccccc1)[PH](c1ccccc1)(c1ccccc1)c1ccccc1. The Morgan fingerprint density at radius 1 is 0.385 bits per heavy atom. The van der Waals surface area contributed by atoms with Crippen molar-refractivity contribution in [2.24, 2.45) is 0 Å². The van der Waals surface area contributed by atoms with E-state index in [0.717, 1.165) is 0 Å². The van der Waals surface area contributed by atoms with Gasteiger partial charge in [-0.1, -0.05) is 0 Å². The second-order valence-electron chi connectivity index (χ2n) is 6.46. The molecule has 4 aromatic carbocycles. The van der Waals surface area contributed by atoms with Crippen LogP contribution in [-0.2, 0) is 0 Å². The quantitative estimate of drug-likeness (QED) is 0.380. The molecule has 2 heteroatoms. The third-order valence-corrected chi connectivity index (χ3v) is 9.37. The first-order valence-electron chi connectivity index (χ1n) is 8.97. The molecule has 0 saturated carbocycles. The molecule has 0 amide bonds. The molecule has 0 aliphatic carbocycles. The Hall–Kier alpha value is -2.63. The molecule has 0 unspecified atom stereocenters. The van der Waals surface area contributed by atoms with Crippen LogP contribution < -0.4 is 21.4 Å². The van der Waals surface area contributed by atoms with Crippen molar-refractivity contribution in [1.82, 2.24) is 0 Å². The van der Waals surface area contributed by atoms with Crippen molar-refractivity contribution in [3.8, 4) is 0 Å². The van der Waals surface area contributed by atoms with E-state index >= 15 is 0 Å². The predicted octanol–water partition coefficient (Wildman–Crippen LogP) is 3.66. The van der Waals surface area contributed by atoms with Crippen molar-refractivity contribution in [3.05, 3.63) is 121 Å². The monoisotopic (exact) mass is 351 g/mol. The molecular weight excluding hydrogens is 330 g/mol. The van der Waals surface area contributed by atoms with Crippen molar-refractivity contribution in [2.45, 2.75) is 0 Å². The van der Waals surface area contributed by atoms with Gasteiger partial charge in [-0.15, -0.1) is 0 Å². The molecule has 0 heterocycles. The van der Waals surface area contributed by atoms with Crippen LogP contribution >= 0.6 is 7.14 Å². The Morgan fingerprint density at radius 3 is 1.04 bits per heavy atom. The predicted molar refractivity (Wildman–Crippen MR) is 118 cm³/mol. The van der Waals surface area contributed by atoms with Gasteiger partial charge in [-0.25, -0.2) is 0 Å². The zero-order valence-corrected chi connectivity index (χ0v) is 15.6. The van der Waals surface area contributed by atoms with E-state index < -0.39 is 7.14 Å². The van der Waals surface area contributed by atoms with Crippen LogP contribution in [0.2, 0.25) is 0 Å². The third kappa shape index (κ3) is 3.23. The topological polar surface area (TPSA) is 0 Å². The van der Waals surface area contributed by atoms with Crippen LogP contribution in [0.25, 0.3) is 0 Å². The number of hydrogen-bond acceptors (Lipinski definition) is 0. The molecule has 0 fully saturated rings. The molecule has 0 N–H and O–H groups in total. The first-order valence-corrected chi connectivity index (χ1v) is 11.0. The van der Waals surface area contributed by atoms with Crippen molar-refractivity contribution in [2.75, 3.05) is 0 Å². The molecule has 26 heavy (non-hydrogen) atoms. The minimum absolute atomic E-state index is 1.27. The summed E-state index contributed by atoms with van der Waals surface area (Å²) < 4.78 is 0. The summed E-state index contributed by atoms with van der Waals surface area (Å²) in [6.07, 6.45) is 0. The van der Waals surface area contributed by atoms with Gasteiger partial charge in [0.2, 0.25) is 0 Å². The number of benzene rings is 4. The van der Waals surface area contributed by atoms with Crippen LogP contribution in [0.3, 0.4) is 0 Å². The van der Waals surface area contributed by atoms with Crippen molar-refractivity contribution in [1.29, 1.82) is 0 Å². The molecule has 0 aliphatic heterocycles.